The largest absolute Gasteiger partial charge is 0.493 e. The van der Waals surface area contributed by atoms with Crippen LogP contribution in [0.15, 0.2) is 71.6 Å². The fraction of sp³-hybridized carbons (Fsp3) is 0.269. The van der Waals surface area contributed by atoms with Gasteiger partial charge in [-0.3, -0.25) is 4.79 Å². The Labute approximate surface area is 201 Å². The zero-order valence-corrected chi connectivity index (χ0v) is 20.7. The van der Waals surface area contributed by atoms with E-state index >= 15 is 0 Å². The summed E-state index contributed by atoms with van der Waals surface area (Å²) in [6.45, 7) is 3.69. The minimum absolute atomic E-state index is 0.0257. The third-order valence-electron chi connectivity index (χ3n) is 5.68. The van der Waals surface area contributed by atoms with Crippen molar-refractivity contribution in [3.63, 3.8) is 0 Å². The van der Waals surface area contributed by atoms with Gasteiger partial charge in [-0.25, -0.2) is 8.42 Å². The summed E-state index contributed by atoms with van der Waals surface area (Å²) in [5, 5.41) is 2.85. The van der Waals surface area contributed by atoms with Crippen LogP contribution in [0.3, 0.4) is 0 Å². The fourth-order valence-corrected chi connectivity index (χ4v) is 4.96. The first kappa shape index (κ1) is 25.3. The molecule has 0 unspecified atom stereocenters. The second kappa shape index (κ2) is 11.2. The molecule has 0 aliphatic heterocycles. The Kier molecular flexibility index (Phi) is 8.31. The van der Waals surface area contributed by atoms with E-state index in [1.807, 2.05) is 56.3 Å². The molecule has 1 N–H and O–H groups in total. The summed E-state index contributed by atoms with van der Waals surface area (Å²) in [7, 11) is -1.07. The van der Waals surface area contributed by atoms with Gasteiger partial charge in [0, 0.05) is 18.3 Å². The number of amides is 1. The lowest BCUT2D eigenvalue weighted by atomic mass is 10.1. The average molecular weight is 483 g/mol. The molecular formula is C26H30N2O5S. The van der Waals surface area contributed by atoms with Crippen molar-refractivity contribution in [2.24, 2.45) is 0 Å². The van der Waals surface area contributed by atoms with E-state index in [9.17, 15) is 13.2 Å². The van der Waals surface area contributed by atoms with Crippen molar-refractivity contribution in [2.45, 2.75) is 25.2 Å². The Hall–Kier alpha value is -3.36. The quantitative estimate of drug-likeness (QED) is 0.468. The molecule has 0 bridgehead atoms. The maximum atomic E-state index is 13.6. The molecule has 0 aliphatic rings. The second-order valence-corrected chi connectivity index (χ2v) is 9.82. The summed E-state index contributed by atoms with van der Waals surface area (Å²) in [6.07, 6.45) is 0.462. The number of hydrogen-bond acceptors (Lipinski definition) is 5. The van der Waals surface area contributed by atoms with Crippen molar-refractivity contribution in [2.75, 3.05) is 32.6 Å². The number of ether oxygens (including phenoxy) is 2. The maximum Gasteiger partial charge on any atom is 0.243 e. The highest BCUT2D eigenvalue weighted by Gasteiger charge is 2.28. The van der Waals surface area contributed by atoms with E-state index in [1.54, 1.807) is 6.07 Å². The molecule has 3 rings (SSSR count). The molecule has 0 spiro atoms. The first-order chi connectivity index (χ1) is 16.3. The molecule has 0 aromatic heterocycles. The minimum Gasteiger partial charge on any atom is -0.493 e. The predicted molar refractivity (Wildman–Crippen MR) is 133 cm³/mol. The predicted octanol–water partition coefficient (Wildman–Crippen LogP) is 4.19. The van der Waals surface area contributed by atoms with Crippen LogP contribution in [0.4, 0.5) is 5.69 Å². The summed E-state index contributed by atoms with van der Waals surface area (Å²) in [6, 6.07) is 19.6. The van der Waals surface area contributed by atoms with Crippen LogP contribution in [-0.4, -0.2) is 45.9 Å². The molecule has 3 aromatic rings. The standard InChI is InChI=1S/C26H30N2O5S/c1-19-9-8-12-23(20(19)2)27-26(29)18-28(16-15-21-10-6-5-7-11-21)34(30,31)22-13-14-24(32-3)25(17-22)33-4/h5-14,17H,15-16,18H2,1-4H3,(H,27,29). The Bertz CT molecular complexity index is 1240. The van der Waals surface area contributed by atoms with E-state index in [-0.39, 0.29) is 18.0 Å². The summed E-state index contributed by atoms with van der Waals surface area (Å²) < 4.78 is 38.9. The summed E-state index contributed by atoms with van der Waals surface area (Å²) in [5.41, 5.74) is 3.62. The fourth-order valence-electron chi connectivity index (χ4n) is 3.55. The first-order valence-electron chi connectivity index (χ1n) is 10.9. The zero-order chi connectivity index (χ0) is 24.7. The van der Waals surface area contributed by atoms with Crippen molar-refractivity contribution in [1.82, 2.24) is 4.31 Å². The topological polar surface area (TPSA) is 84.9 Å². The molecule has 3 aromatic carbocycles. The van der Waals surface area contributed by atoms with Crippen LogP contribution in [-0.2, 0) is 21.2 Å². The molecule has 0 heterocycles. The Morgan fingerprint density at radius 1 is 0.912 bits per heavy atom. The van der Waals surface area contributed by atoms with Crippen LogP contribution in [0.2, 0.25) is 0 Å². The summed E-state index contributed by atoms with van der Waals surface area (Å²) >= 11 is 0. The molecule has 0 atom stereocenters. The van der Waals surface area contributed by atoms with Crippen LogP contribution in [0.25, 0.3) is 0 Å². The van der Waals surface area contributed by atoms with Gasteiger partial charge in [-0.2, -0.15) is 4.31 Å². The molecule has 0 fully saturated rings. The molecule has 0 radical (unpaired) electrons. The third kappa shape index (κ3) is 5.95. The van der Waals surface area contributed by atoms with Crippen LogP contribution in [0.5, 0.6) is 11.5 Å². The molecule has 0 saturated carbocycles. The minimum atomic E-state index is -4.00. The first-order valence-corrected chi connectivity index (χ1v) is 12.3. The van der Waals surface area contributed by atoms with Crippen molar-refractivity contribution in [1.29, 1.82) is 0 Å². The molecule has 0 aliphatic carbocycles. The van der Waals surface area contributed by atoms with Crippen molar-refractivity contribution in [3.05, 3.63) is 83.4 Å². The van der Waals surface area contributed by atoms with Crippen LogP contribution >= 0.6 is 0 Å². The molecule has 34 heavy (non-hydrogen) atoms. The van der Waals surface area contributed by atoms with Crippen molar-refractivity contribution < 1.29 is 22.7 Å². The monoisotopic (exact) mass is 482 g/mol. The van der Waals surface area contributed by atoms with Gasteiger partial charge in [0.1, 0.15) is 0 Å². The van der Waals surface area contributed by atoms with Gasteiger partial charge in [-0.05, 0) is 55.2 Å². The maximum absolute atomic E-state index is 13.6. The van der Waals surface area contributed by atoms with Crippen molar-refractivity contribution >= 4 is 21.6 Å². The molecular weight excluding hydrogens is 452 g/mol. The number of nitrogens with one attached hydrogen (secondary N) is 1. The van der Waals surface area contributed by atoms with E-state index in [4.69, 9.17) is 9.47 Å². The SMILES string of the molecule is COc1ccc(S(=O)(=O)N(CCc2ccccc2)CC(=O)Nc2cccc(C)c2C)cc1OC. The molecule has 1 amide bonds. The smallest absolute Gasteiger partial charge is 0.243 e. The Balaban J connectivity index is 1.89. The Morgan fingerprint density at radius 3 is 2.29 bits per heavy atom. The van der Waals surface area contributed by atoms with Gasteiger partial charge in [0.15, 0.2) is 11.5 Å². The number of nitrogens with zero attached hydrogens (tertiary/aromatic N) is 1. The van der Waals surface area contributed by atoms with Gasteiger partial charge in [0.2, 0.25) is 15.9 Å². The van der Waals surface area contributed by atoms with Gasteiger partial charge in [-0.15, -0.1) is 0 Å². The van der Waals surface area contributed by atoms with E-state index in [2.05, 4.69) is 5.32 Å². The number of benzene rings is 3. The molecule has 8 heteroatoms. The lowest BCUT2D eigenvalue weighted by molar-refractivity contribution is -0.116. The summed E-state index contributed by atoms with van der Waals surface area (Å²) in [4.78, 5) is 13.0. The molecule has 180 valence electrons. The van der Waals surface area contributed by atoms with E-state index in [0.717, 1.165) is 16.7 Å². The van der Waals surface area contributed by atoms with Gasteiger partial charge < -0.3 is 14.8 Å². The molecule has 7 nitrogen and oxygen atoms in total. The number of sulfonamides is 1. The third-order valence-corrected chi connectivity index (χ3v) is 7.53. The highest BCUT2D eigenvalue weighted by molar-refractivity contribution is 7.89. The normalized spacial score (nSPS) is 11.3. The highest BCUT2D eigenvalue weighted by atomic mass is 32.2. The average Bonchev–Trinajstić information content (AvgIpc) is 2.84. The number of carbonyl (C=O) groups is 1. The van der Waals surface area contributed by atoms with Crippen LogP contribution in [0, 0.1) is 13.8 Å². The number of carbonyl (C=O) groups excluding carboxylic acids is 1. The van der Waals surface area contributed by atoms with Crippen LogP contribution in [0.1, 0.15) is 16.7 Å². The van der Waals surface area contributed by atoms with E-state index in [0.29, 0.717) is 23.6 Å². The lowest BCUT2D eigenvalue weighted by Gasteiger charge is -2.23. The zero-order valence-electron chi connectivity index (χ0n) is 19.9. The number of hydrogen-bond donors (Lipinski definition) is 1. The van der Waals surface area contributed by atoms with Gasteiger partial charge in [-0.1, -0.05) is 42.5 Å². The van der Waals surface area contributed by atoms with Gasteiger partial charge in [0.05, 0.1) is 25.7 Å². The number of aryl methyl sites for hydroxylation is 1. The van der Waals surface area contributed by atoms with E-state index < -0.39 is 15.9 Å². The van der Waals surface area contributed by atoms with Gasteiger partial charge >= 0.3 is 0 Å². The second-order valence-electron chi connectivity index (χ2n) is 7.89. The van der Waals surface area contributed by atoms with Gasteiger partial charge in [0.25, 0.3) is 0 Å². The highest BCUT2D eigenvalue weighted by Crippen LogP contribution is 2.30. The molecule has 0 saturated heterocycles. The Morgan fingerprint density at radius 2 is 1.62 bits per heavy atom. The summed E-state index contributed by atoms with van der Waals surface area (Å²) in [5.74, 6) is 0.308. The van der Waals surface area contributed by atoms with Crippen LogP contribution < -0.4 is 14.8 Å². The number of rotatable bonds is 10. The number of methoxy groups -OCH3 is 2. The number of anilines is 1. The lowest BCUT2D eigenvalue weighted by Crippen LogP contribution is -2.39. The van der Waals surface area contributed by atoms with Crippen molar-refractivity contribution in [3.8, 4) is 11.5 Å². The van der Waals surface area contributed by atoms with E-state index in [1.165, 1.54) is 36.7 Å².